The van der Waals surface area contributed by atoms with Gasteiger partial charge in [0.2, 0.25) is 23.6 Å². The molecule has 0 spiro atoms. The summed E-state index contributed by atoms with van der Waals surface area (Å²) >= 11 is 0. The van der Waals surface area contributed by atoms with Gasteiger partial charge in [-0.1, -0.05) is 4.98 Å². The summed E-state index contributed by atoms with van der Waals surface area (Å²) in [5.41, 5.74) is 10.1. The van der Waals surface area contributed by atoms with Gasteiger partial charge >= 0.3 is 36.9 Å². The third-order valence-electron chi connectivity index (χ3n) is 13.0. The Morgan fingerprint density at radius 2 is 1.39 bits per heavy atom. The summed E-state index contributed by atoms with van der Waals surface area (Å²) in [5, 5.41) is 36.3. The first-order valence-corrected chi connectivity index (χ1v) is 30.0. The van der Waals surface area contributed by atoms with E-state index in [0.717, 1.165) is 30.7 Å². The first kappa shape index (κ1) is 60.9. The van der Waals surface area contributed by atoms with Gasteiger partial charge in [0.05, 0.1) is 45.6 Å². The number of carbonyl (C=O) groups excluding carboxylic acids is 1. The van der Waals surface area contributed by atoms with Crippen molar-refractivity contribution in [2.45, 2.75) is 80.9 Å². The number of aromatic nitrogens is 12. The highest BCUT2D eigenvalue weighted by Gasteiger charge is 2.54. The lowest BCUT2D eigenvalue weighted by atomic mass is 9.94. The lowest BCUT2D eigenvalue weighted by Gasteiger charge is -2.26. The molecule has 0 bridgehead atoms. The lowest BCUT2D eigenvalue weighted by Crippen LogP contribution is -2.45. The molecule has 6 aromatic heterocycles. The minimum absolute atomic E-state index is 0.00710. The summed E-state index contributed by atoms with van der Waals surface area (Å²) in [6, 6.07) is 0. The van der Waals surface area contributed by atoms with E-state index in [0.29, 0.717) is 6.54 Å². The number of phosphoric acid groups is 4. The van der Waals surface area contributed by atoms with Crippen molar-refractivity contribution in [1.29, 1.82) is 0 Å². The molecule has 3 saturated heterocycles. The number of nitrogens with zero attached hydrogens (tertiary/aromatic N) is 11. The Morgan fingerprint density at radius 3 is 2.05 bits per heavy atom. The van der Waals surface area contributed by atoms with E-state index in [1.807, 2.05) is 0 Å². The summed E-state index contributed by atoms with van der Waals surface area (Å²) in [6.07, 6.45) is -13.8. The summed E-state index contributed by atoms with van der Waals surface area (Å²) in [6.45, 7) is -1.19. The van der Waals surface area contributed by atoms with Gasteiger partial charge in [-0.25, -0.2) is 42.8 Å². The first-order chi connectivity index (χ1) is 38.5. The van der Waals surface area contributed by atoms with E-state index in [-0.39, 0.29) is 51.2 Å². The number of nitrogens with two attached hydrogens (primary N) is 2. The number of anilines is 3. The molecule has 6 aromatic rings. The number of nitrogen functional groups attached to an aromatic ring is 2. The predicted molar refractivity (Wildman–Crippen MR) is 270 cm³/mol. The maximum Gasteiger partial charge on any atom is 0.490 e. The van der Waals surface area contributed by atoms with Crippen LogP contribution in [-0.2, 0) is 75.8 Å². The van der Waals surface area contributed by atoms with Crippen LogP contribution in [-0.4, -0.2) is 196 Å². The summed E-state index contributed by atoms with van der Waals surface area (Å²) < 4.78 is 111. The second-order valence-corrected chi connectivity index (χ2v) is 24.7. The van der Waals surface area contributed by atoms with Crippen LogP contribution < -0.4 is 32.5 Å². The Hall–Kier alpha value is -5.64. The Kier molecular flexibility index (Phi) is 17.4. The number of hydrogen-bond acceptors (Lipinski definition) is 29. The Balaban J connectivity index is 0.880. The number of aromatic amines is 2. The van der Waals surface area contributed by atoms with E-state index in [4.69, 9.17) is 48.5 Å². The quantitative estimate of drug-likeness (QED) is 0.0223. The van der Waals surface area contributed by atoms with Crippen LogP contribution in [0.5, 0.6) is 0 Å². The number of phosphoric ester groups is 3. The van der Waals surface area contributed by atoms with Crippen molar-refractivity contribution in [3.05, 3.63) is 46.0 Å². The fraction of sp³-hybridized carbons (Fsp3) is 0.579. The topological polar surface area (TPSA) is 548 Å². The summed E-state index contributed by atoms with van der Waals surface area (Å²) in [7, 11) is -18.1. The summed E-state index contributed by atoms with van der Waals surface area (Å²) in [5.74, 6) is -2.10. The molecule has 14 N–H and O–H groups in total. The van der Waals surface area contributed by atoms with Gasteiger partial charge < -0.3 is 75.5 Å². The number of nitrogens with one attached hydrogen (secondary N) is 3. The van der Waals surface area contributed by atoms with Gasteiger partial charge in [-0.05, 0) is 6.92 Å². The molecule has 3 aliphatic heterocycles. The molecule has 4 unspecified atom stereocenters. The van der Waals surface area contributed by atoms with Crippen LogP contribution in [0.3, 0.4) is 0 Å². The first-order valence-electron chi connectivity index (χ1n) is 24.0. The molecule has 82 heavy (non-hydrogen) atoms. The number of aliphatic hydroxyl groups is 3. The lowest BCUT2D eigenvalue weighted by molar-refractivity contribution is -0.745. The van der Waals surface area contributed by atoms with Crippen molar-refractivity contribution < 1.29 is 108 Å². The number of aliphatic hydroxyl groups excluding tert-OH is 3. The van der Waals surface area contributed by atoms with Crippen LogP contribution in [0.25, 0.3) is 33.5 Å². The fourth-order valence-electron chi connectivity index (χ4n) is 9.25. The van der Waals surface area contributed by atoms with Gasteiger partial charge in [-0.3, -0.25) is 56.1 Å². The third-order valence-corrected chi connectivity index (χ3v) is 18.2. The summed E-state index contributed by atoms with van der Waals surface area (Å²) in [4.78, 5) is 112. The van der Waals surface area contributed by atoms with Crippen molar-refractivity contribution in [1.82, 2.24) is 58.5 Å². The van der Waals surface area contributed by atoms with Crippen LogP contribution in [0.4, 0.5) is 17.7 Å². The SMILES string of the molecule is CCNc1nc2c(c(=O)[nH]1)n(C)c[n+]2[C@@H]1O[C@H](COP(=O)(O)OP(=O)(O)OP(=O)(O)OC[C@H]2O[C@@H](n3cnc4c(N)ncnc43)[C@H](OC)[C@@H]2OP(=O)(O)OC[C@H]2O[C@@H](n3cnc4c(=O)[nH]c(N)nc43)[C@H](O)[C@@H]2O)[C@@H](CC(=O)N(C)C)[C@H]1O. The van der Waals surface area contributed by atoms with E-state index in [1.165, 1.54) is 46.1 Å². The molecule has 9 heterocycles. The highest BCUT2D eigenvalue weighted by molar-refractivity contribution is 7.66. The zero-order valence-electron chi connectivity index (χ0n) is 43.2. The smallest absolute Gasteiger partial charge is 0.387 e. The van der Waals surface area contributed by atoms with Crippen molar-refractivity contribution in [3.8, 4) is 0 Å². The van der Waals surface area contributed by atoms with Gasteiger partial charge in [0, 0.05) is 40.1 Å². The molecular weight excluding hydrogens is 1190 g/mol. The molecule has 16 atom stereocenters. The van der Waals surface area contributed by atoms with Crippen LogP contribution >= 0.6 is 31.3 Å². The number of ether oxygens (including phenoxy) is 4. The average Bonchev–Trinajstić information content (AvgIpc) is 4.16. The molecule has 3 fully saturated rings. The van der Waals surface area contributed by atoms with E-state index >= 15 is 0 Å². The number of hydrogen-bond donors (Lipinski definition) is 12. The molecule has 3 aliphatic rings. The Morgan fingerprint density at radius 1 is 0.768 bits per heavy atom. The van der Waals surface area contributed by atoms with Crippen molar-refractivity contribution in [2.75, 3.05) is 64.4 Å². The van der Waals surface area contributed by atoms with Crippen LogP contribution in [0, 0.1) is 5.92 Å². The standard InChI is InChI=1S/C38H54N16O24P4/c1-6-41-38-47-31-22(33(60)49-38)51(4)14-54(31)34-23(56)15(7-19(55)50(2)3)16(73-34)8-71-80(63,64)77-82(67,68)78-81(65,66)72-10-18-26(27(69-5)36(75-18)52-12-44-20-28(39)42-11-43-29(20)52)76-79(61,62)70-9-17-24(57)25(58)35(74-17)53-13-45-21-30(53)46-37(40)48-32(21)59/h11-18,23-27,34-36,56-58H,6-10H2,1-5H3,(H10-,39,40,41,42,43,46,47,48,49,59,60,61,62,63,64,65,66,67,68)/p+1/t15-,16-,17-,18-,23-,24-,25-,26-,27-,34-,35-,36-/m1/s1. The minimum Gasteiger partial charge on any atom is -0.387 e. The monoisotopic (exact) mass is 1240 g/mol. The molecule has 0 saturated carbocycles. The molecular formula is C38H55N16O24P4+. The highest BCUT2D eigenvalue weighted by atomic mass is 31.3. The largest absolute Gasteiger partial charge is 0.490 e. The third kappa shape index (κ3) is 12.6. The van der Waals surface area contributed by atoms with Crippen molar-refractivity contribution in [3.63, 3.8) is 0 Å². The van der Waals surface area contributed by atoms with Crippen LogP contribution in [0.15, 0.2) is 34.9 Å². The maximum atomic E-state index is 13.8. The van der Waals surface area contributed by atoms with Crippen molar-refractivity contribution >= 4 is 88.4 Å². The number of fused-ring (bicyclic) bond motifs is 3. The van der Waals surface area contributed by atoms with E-state index in [2.05, 4.69) is 53.8 Å². The van der Waals surface area contributed by atoms with Gasteiger partial charge in [-0.2, -0.15) is 13.6 Å². The predicted octanol–water partition coefficient (Wildman–Crippen LogP) is -3.13. The number of aryl methyl sites for hydroxylation is 1. The normalized spacial score (nSPS) is 28.8. The van der Waals surface area contributed by atoms with E-state index in [9.17, 15) is 67.5 Å². The molecule has 0 aliphatic carbocycles. The Bertz CT molecular complexity index is 3690. The number of methoxy groups -OCH3 is 1. The number of rotatable bonds is 23. The molecule has 0 radical (unpaired) electrons. The number of carbonyl (C=O) groups is 1. The van der Waals surface area contributed by atoms with E-state index in [1.54, 1.807) is 6.92 Å². The van der Waals surface area contributed by atoms with Gasteiger partial charge in [0.25, 0.3) is 17.1 Å². The second-order valence-electron chi connectivity index (χ2n) is 18.6. The van der Waals surface area contributed by atoms with Crippen molar-refractivity contribution in [2.24, 2.45) is 13.0 Å². The maximum absolute atomic E-state index is 13.8. The van der Waals surface area contributed by atoms with Crippen LogP contribution in [0.1, 0.15) is 32.0 Å². The average molecular weight is 1240 g/mol. The number of H-pyrrole nitrogens is 2. The molecule has 44 heteroatoms. The zero-order chi connectivity index (χ0) is 59.5. The molecule has 9 rings (SSSR count). The van der Waals surface area contributed by atoms with Gasteiger partial charge in [0.15, 0.2) is 41.4 Å². The van der Waals surface area contributed by atoms with Crippen LogP contribution in [0.2, 0.25) is 0 Å². The molecule has 450 valence electrons. The van der Waals surface area contributed by atoms with Gasteiger partial charge in [-0.15, -0.1) is 0 Å². The molecule has 1 amide bonds. The Labute approximate surface area is 458 Å². The van der Waals surface area contributed by atoms with Gasteiger partial charge in [0.1, 0.15) is 54.6 Å². The molecule has 40 nitrogen and oxygen atoms in total. The second kappa shape index (κ2) is 23.4. The number of imidazole rings is 3. The van der Waals surface area contributed by atoms with E-state index < -0.39 is 148 Å². The fourth-order valence-corrected chi connectivity index (χ4v) is 13.7. The zero-order valence-corrected chi connectivity index (χ0v) is 46.8. The number of amides is 1. The molecule has 0 aromatic carbocycles. The highest BCUT2D eigenvalue weighted by Crippen LogP contribution is 2.68. The minimum atomic E-state index is -6.24.